The summed E-state index contributed by atoms with van der Waals surface area (Å²) in [5, 5.41) is 1.33. The number of thiocarbonyl (C=S) groups is 1. The molecule has 3 nitrogen and oxygen atoms in total. The lowest BCUT2D eigenvalue weighted by Gasteiger charge is -2.38. The van der Waals surface area contributed by atoms with Crippen molar-refractivity contribution in [2.24, 2.45) is 5.92 Å². The van der Waals surface area contributed by atoms with Crippen LogP contribution < -0.4 is 0 Å². The minimum Gasteiger partial charge on any atom is -0.379 e. The quantitative estimate of drug-likeness (QED) is 0.699. The number of ether oxygens (including phenoxy) is 1. The molecule has 1 aliphatic heterocycles. The third kappa shape index (κ3) is 2.87. The summed E-state index contributed by atoms with van der Waals surface area (Å²) in [5.74, 6) is 0.340. The van der Waals surface area contributed by atoms with Gasteiger partial charge < -0.3 is 4.74 Å². The van der Waals surface area contributed by atoms with Gasteiger partial charge in [-0.05, 0) is 19.3 Å². The molecule has 1 aliphatic carbocycles. The first-order chi connectivity index (χ1) is 7.81. The van der Waals surface area contributed by atoms with Gasteiger partial charge in [-0.15, -0.1) is 0 Å². The van der Waals surface area contributed by atoms with Crippen LogP contribution in [0.4, 0.5) is 0 Å². The van der Waals surface area contributed by atoms with E-state index in [1.54, 1.807) is 0 Å². The van der Waals surface area contributed by atoms with Gasteiger partial charge in [0.1, 0.15) is 0 Å². The molecule has 2 atom stereocenters. The van der Waals surface area contributed by atoms with Crippen LogP contribution in [0.25, 0.3) is 0 Å². The third-order valence-corrected chi connectivity index (χ3v) is 3.96. The molecule has 4 heteroatoms. The first kappa shape index (κ1) is 12.1. The maximum atomic E-state index is 11.6. The van der Waals surface area contributed by atoms with E-state index in [1.165, 1.54) is 11.8 Å². The van der Waals surface area contributed by atoms with Gasteiger partial charge in [0.25, 0.3) is 0 Å². The van der Waals surface area contributed by atoms with Gasteiger partial charge in [-0.2, -0.15) is 0 Å². The van der Waals surface area contributed by atoms with Crippen molar-refractivity contribution in [3.8, 4) is 0 Å². The third-order valence-electron chi connectivity index (χ3n) is 3.73. The van der Waals surface area contributed by atoms with Crippen LogP contribution in [0.15, 0.2) is 0 Å². The lowest BCUT2D eigenvalue weighted by atomic mass is 9.83. The number of carbonyl (C=O) groups excluding carboxylic acids is 1. The second kappa shape index (κ2) is 5.84. The van der Waals surface area contributed by atoms with Crippen molar-refractivity contribution in [1.82, 2.24) is 4.90 Å². The lowest BCUT2D eigenvalue weighted by molar-refractivity contribution is -0.117. The molecule has 2 unspecified atom stereocenters. The average Bonchev–Trinajstić information content (AvgIpc) is 2.39. The summed E-state index contributed by atoms with van der Waals surface area (Å²) in [4.78, 5) is 14.1. The van der Waals surface area contributed by atoms with Crippen LogP contribution in [0.1, 0.15) is 25.7 Å². The molecule has 2 rings (SSSR count). The fourth-order valence-electron chi connectivity index (χ4n) is 2.79. The Balaban J connectivity index is 1.90. The van der Waals surface area contributed by atoms with Crippen LogP contribution in [0, 0.1) is 5.92 Å². The van der Waals surface area contributed by atoms with Gasteiger partial charge in [-0.25, -0.2) is 0 Å². The SMILES string of the molecule is O=C(C=S)C1CCCC(N2CCOCC2)C1. The van der Waals surface area contributed by atoms with E-state index in [9.17, 15) is 4.79 Å². The zero-order valence-electron chi connectivity index (χ0n) is 9.56. The molecular weight excluding hydrogens is 222 g/mol. The Kier molecular flexibility index (Phi) is 4.44. The number of nitrogens with zero attached hydrogens (tertiary/aromatic N) is 1. The first-order valence-corrected chi connectivity index (χ1v) is 6.59. The Morgan fingerprint density at radius 2 is 2.06 bits per heavy atom. The van der Waals surface area contributed by atoms with E-state index in [2.05, 4.69) is 4.90 Å². The normalized spacial score (nSPS) is 32.2. The van der Waals surface area contributed by atoms with Gasteiger partial charge in [0, 0.05) is 30.4 Å². The Bertz CT molecular complexity index is 264. The van der Waals surface area contributed by atoms with E-state index in [0.29, 0.717) is 6.04 Å². The second-order valence-electron chi connectivity index (χ2n) is 4.69. The Morgan fingerprint density at radius 3 is 2.75 bits per heavy atom. The molecule has 0 spiro atoms. The van der Waals surface area contributed by atoms with Crippen LogP contribution in [-0.2, 0) is 9.53 Å². The monoisotopic (exact) mass is 241 g/mol. The summed E-state index contributed by atoms with van der Waals surface area (Å²) in [7, 11) is 0. The van der Waals surface area contributed by atoms with E-state index in [4.69, 9.17) is 17.0 Å². The van der Waals surface area contributed by atoms with E-state index in [-0.39, 0.29) is 11.7 Å². The van der Waals surface area contributed by atoms with Crippen molar-refractivity contribution in [3.63, 3.8) is 0 Å². The summed E-state index contributed by atoms with van der Waals surface area (Å²) in [6.45, 7) is 3.71. The van der Waals surface area contributed by atoms with Crippen molar-refractivity contribution >= 4 is 23.4 Å². The first-order valence-electron chi connectivity index (χ1n) is 6.12. The zero-order chi connectivity index (χ0) is 11.4. The largest absolute Gasteiger partial charge is 0.379 e. The summed E-state index contributed by atoms with van der Waals surface area (Å²) in [6.07, 6.45) is 4.39. The maximum absolute atomic E-state index is 11.6. The maximum Gasteiger partial charge on any atom is 0.169 e. The standard InChI is InChI=1S/C12H19NO2S/c14-12(9-16)10-2-1-3-11(8-10)13-4-6-15-7-5-13/h9-11H,1-8H2. The number of hydrogen-bond acceptors (Lipinski definition) is 4. The molecule has 1 saturated heterocycles. The van der Waals surface area contributed by atoms with Crippen molar-refractivity contribution in [2.45, 2.75) is 31.7 Å². The molecule has 0 aromatic carbocycles. The molecule has 1 heterocycles. The Labute approximate surface area is 102 Å². The summed E-state index contributed by atoms with van der Waals surface area (Å²) < 4.78 is 5.35. The number of hydrogen-bond donors (Lipinski definition) is 0. The predicted molar refractivity (Wildman–Crippen MR) is 66.8 cm³/mol. The van der Waals surface area contributed by atoms with E-state index in [0.717, 1.165) is 45.6 Å². The molecule has 2 aliphatic rings. The highest BCUT2D eigenvalue weighted by atomic mass is 32.1. The molecular formula is C12H19NO2S. The molecule has 0 aromatic rings. The Hall–Kier alpha value is -0.320. The molecule has 16 heavy (non-hydrogen) atoms. The van der Waals surface area contributed by atoms with Gasteiger partial charge in [0.2, 0.25) is 0 Å². The van der Waals surface area contributed by atoms with Crippen molar-refractivity contribution in [2.75, 3.05) is 26.3 Å². The number of Topliss-reactive ketones (excluding diaryl/α,β-unsaturated/α-hetero) is 1. The van der Waals surface area contributed by atoms with Gasteiger partial charge in [0.15, 0.2) is 5.78 Å². The number of ketones is 1. The Morgan fingerprint density at radius 1 is 1.31 bits per heavy atom. The van der Waals surface area contributed by atoms with Crippen LogP contribution in [0.5, 0.6) is 0 Å². The van der Waals surface area contributed by atoms with Gasteiger partial charge in [-0.1, -0.05) is 18.6 Å². The molecule has 2 fully saturated rings. The van der Waals surface area contributed by atoms with E-state index in [1.807, 2.05) is 0 Å². The van der Waals surface area contributed by atoms with Gasteiger partial charge in [0.05, 0.1) is 13.2 Å². The molecule has 0 bridgehead atoms. The topological polar surface area (TPSA) is 29.5 Å². The lowest BCUT2D eigenvalue weighted by Crippen LogP contribution is -2.46. The van der Waals surface area contributed by atoms with Crippen molar-refractivity contribution in [3.05, 3.63) is 0 Å². The van der Waals surface area contributed by atoms with Gasteiger partial charge in [-0.3, -0.25) is 9.69 Å². The second-order valence-corrected chi connectivity index (χ2v) is 4.92. The molecule has 0 aromatic heterocycles. The summed E-state index contributed by atoms with van der Waals surface area (Å²) >= 11 is 4.74. The van der Waals surface area contributed by atoms with Crippen LogP contribution in [0.3, 0.4) is 0 Å². The predicted octanol–water partition coefficient (Wildman–Crippen LogP) is 1.45. The van der Waals surface area contributed by atoms with Crippen molar-refractivity contribution in [1.29, 1.82) is 0 Å². The minimum absolute atomic E-state index is 0.160. The zero-order valence-corrected chi connectivity index (χ0v) is 10.4. The number of rotatable bonds is 3. The average molecular weight is 241 g/mol. The molecule has 0 amide bonds. The minimum atomic E-state index is 0.160. The summed E-state index contributed by atoms with van der Waals surface area (Å²) in [5.41, 5.74) is 0. The molecule has 0 radical (unpaired) electrons. The molecule has 1 saturated carbocycles. The van der Waals surface area contributed by atoms with E-state index >= 15 is 0 Å². The number of morpholine rings is 1. The smallest absolute Gasteiger partial charge is 0.169 e. The van der Waals surface area contributed by atoms with Crippen LogP contribution in [0.2, 0.25) is 0 Å². The van der Waals surface area contributed by atoms with Crippen molar-refractivity contribution < 1.29 is 9.53 Å². The van der Waals surface area contributed by atoms with Crippen LogP contribution >= 0.6 is 12.2 Å². The van der Waals surface area contributed by atoms with Crippen LogP contribution in [-0.4, -0.2) is 48.4 Å². The molecule has 90 valence electrons. The fourth-order valence-corrected chi connectivity index (χ4v) is 2.99. The highest BCUT2D eigenvalue weighted by Crippen LogP contribution is 2.28. The number of carbonyl (C=O) groups is 1. The van der Waals surface area contributed by atoms with E-state index < -0.39 is 0 Å². The highest BCUT2D eigenvalue weighted by molar-refractivity contribution is 7.80. The summed E-state index contributed by atoms with van der Waals surface area (Å²) in [6, 6.07) is 0.571. The van der Waals surface area contributed by atoms with Gasteiger partial charge >= 0.3 is 0 Å². The highest BCUT2D eigenvalue weighted by Gasteiger charge is 2.30. The fraction of sp³-hybridized carbons (Fsp3) is 0.833. The molecule has 0 N–H and O–H groups in total.